The molecule has 4 nitrogen and oxygen atoms in total. The average Bonchev–Trinajstić information content (AvgIpc) is 2.85. The molecule has 0 radical (unpaired) electrons. The summed E-state index contributed by atoms with van der Waals surface area (Å²) in [6.45, 7) is 0.848. The summed E-state index contributed by atoms with van der Waals surface area (Å²) in [6.07, 6.45) is 1.58. The Labute approximate surface area is 99.8 Å². The van der Waals surface area contributed by atoms with E-state index in [1.165, 1.54) is 11.3 Å². The molecule has 0 saturated carbocycles. The highest BCUT2D eigenvalue weighted by Gasteiger charge is 2.43. The van der Waals surface area contributed by atoms with Gasteiger partial charge < -0.3 is 14.7 Å². The van der Waals surface area contributed by atoms with Gasteiger partial charge in [-0.3, -0.25) is 4.79 Å². The molecule has 1 aromatic rings. The third-order valence-corrected chi connectivity index (χ3v) is 3.89. The minimum absolute atomic E-state index is 0.134. The van der Waals surface area contributed by atoms with Crippen molar-refractivity contribution in [3.05, 3.63) is 23.8 Å². The van der Waals surface area contributed by atoms with E-state index in [0.29, 0.717) is 0 Å². The van der Waals surface area contributed by atoms with Gasteiger partial charge in [-0.25, -0.2) is 0 Å². The largest absolute Gasteiger partial charge is 0.497 e. The number of nitrogens with zero attached hydrogens (tertiary/aromatic N) is 1. The molecule has 0 bridgehead atoms. The lowest BCUT2D eigenvalue weighted by atomic mass is 9.97. The Bertz CT molecular complexity index is 472. The Morgan fingerprint density at radius 3 is 3.06 bits per heavy atom. The van der Waals surface area contributed by atoms with Gasteiger partial charge in [-0.2, -0.15) is 0 Å². The molecule has 4 heteroatoms. The number of methoxy groups -OCH3 is 1. The van der Waals surface area contributed by atoms with E-state index in [2.05, 4.69) is 4.90 Å². The molecule has 2 atom stereocenters. The molecule has 3 rings (SSSR count). The summed E-state index contributed by atoms with van der Waals surface area (Å²) in [5.41, 5.74) is 2.39. The molecule has 0 spiro atoms. The highest BCUT2D eigenvalue weighted by Crippen LogP contribution is 2.41. The van der Waals surface area contributed by atoms with Gasteiger partial charge in [0.25, 0.3) is 0 Å². The minimum atomic E-state index is -0.669. The number of fused-ring (bicyclic) bond motifs is 3. The van der Waals surface area contributed by atoms with Crippen LogP contribution in [-0.4, -0.2) is 30.8 Å². The minimum Gasteiger partial charge on any atom is -0.497 e. The van der Waals surface area contributed by atoms with Crippen molar-refractivity contribution in [3.8, 4) is 5.75 Å². The maximum absolute atomic E-state index is 11.2. The summed E-state index contributed by atoms with van der Waals surface area (Å²) in [5.74, 6) is -0.0533. The fraction of sp³-hybridized carbons (Fsp3) is 0.462. The highest BCUT2D eigenvalue weighted by molar-refractivity contribution is 5.75. The van der Waals surface area contributed by atoms with Gasteiger partial charge in [0.2, 0.25) is 0 Å². The smallest absolute Gasteiger partial charge is 0.308 e. The number of rotatable bonds is 2. The zero-order chi connectivity index (χ0) is 12.0. The molecule has 2 aliphatic rings. The van der Waals surface area contributed by atoms with E-state index < -0.39 is 5.97 Å². The number of anilines is 1. The van der Waals surface area contributed by atoms with Crippen molar-refractivity contribution >= 4 is 11.7 Å². The summed E-state index contributed by atoms with van der Waals surface area (Å²) in [4.78, 5) is 13.4. The van der Waals surface area contributed by atoms with Crippen molar-refractivity contribution in [2.24, 2.45) is 5.92 Å². The summed E-state index contributed by atoms with van der Waals surface area (Å²) in [6, 6.07) is 6.13. The van der Waals surface area contributed by atoms with Crippen LogP contribution in [0.5, 0.6) is 5.75 Å². The van der Waals surface area contributed by atoms with E-state index in [1.54, 1.807) is 7.11 Å². The number of ether oxygens (including phenoxy) is 1. The standard InChI is InChI=1S/C13H15NO3/c1-17-9-2-3-11-8(6-9)7-12-10(13(15)16)4-5-14(11)12/h2-3,6,10,12H,4-5,7H2,1H3,(H,15,16). The van der Waals surface area contributed by atoms with Gasteiger partial charge in [-0.05, 0) is 36.6 Å². The summed E-state index contributed by atoms with van der Waals surface area (Å²) >= 11 is 0. The average molecular weight is 233 g/mol. The predicted molar refractivity (Wildman–Crippen MR) is 63.6 cm³/mol. The molecule has 2 aliphatic heterocycles. The van der Waals surface area contributed by atoms with E-state index >= 15 is 0 Å². The SMILES string of the molecule is COc1ccc2c(c1)CC1C(C(=O)O)CCN21. The number of carboxylic acid groups (broad SMARTS) is 1. The molecule has 1 aromatic carbocycles. The van der Waals surface area contributed by atoms with Gasteiger partial charge in [0.05, 0.1) is 13.0 Å². The number of benzene rings is 1. The summed E-state index contributed by atoms with van der Waals surface area (Å²) in [7, 11) is 1.65. The van der Waals surface area contributed by atoms with Crippen LogP contribution >= 0.6 is 0 Å². The second-order valence-corrected chi connectivity index (χ2v) is 4.69. The third-order valence-electron chi connectivity index (χ3n) is 3.89. The van der Waals surface area contributed by atoms with Crippen LogP contribution in [0.3, 0.4) is 0 Å². The highest BCUT2D eigenvalue weighted by atomic mass is 16.5. The van der Waals surface area contributed by atoms with Crippen LogP contribution in [0.1, 0.15) is 12.0 Å². The van der Waals surface area contributed by atoms with Gasteiger partial charge in [0, 0.05) is 18.3 Å². The van der Waals surface area contributed by atoms with E-state index in [1.807, 2.05) is 18.2 Å². The van der Waals surface area contributed by atoms with Crippen LogP contribution in [0.15, 0.2) is 18.2 Å². The van der Waals surface area contributed by atoms with Crippen LogP contribution in [-0.2, 0) is 11.2 Å². The zero-order valence-corrected chi connectivity index (χ0v) is 9.72. The Hall–Kier alpha value is -1.71. The quantitative estimate of drug-likeness (QED) is 0.841. The maximum Gasteiger partial charge on any atom is 0.308 e. The lowest BCUT2D eigenvalue weighted by molar-refractivity contribution is -0.141. The van der Waals surface area contributed by atoms with Gasteiger partial charge in [0.1, 0.15) is 5.75 Å². The van der Waals surface area contributed by atoms with Gasteiger partial charge in [-0.1, -0.05) is 0 Å². The van der Waals surface area contributed by atoms with Crippen molar-refractivity contribution in [2.75, 3.05) is 18.6 Å². The Morgan fingerprint density at radius 1 is 1.53 bits per heavy atom. The zero-order valence-electron chi connectivity index (χ0n) is 9.72. The number of carboxylic acids is 1. The Balaban J connectivity index is 1.94. The topological polar surface area (TPSA) is 49.8 Å². The number of aliphatic carboxylic acids is 1. The molecule has 17 heavy (non-hydrogen) atoms. The number of hydrogen-bond donors (Lipinski definition) is 1. The summed E-state index contributed by atoms with van der Waals surface area (Å²) in [5, 5.41) is 9.19. The molecule has 0 aliphatic carbocycles. The van der Waals surface area contributed by atoms with E-state index in [-0.39, 0.29) is 12.0 Å². The van der Waals surface area contributed by atoms with Gasteiger partial charge >= 0.3 is 5.97 Å². The third kappa shape index (κ3) is 1.47. The normalized spacial score (nSPS) is 25.6. The van der Waals surface area contributed by atoms with Gasteiger partial charge in [0.15, 0.2) is 0 Å². The molecule has 2 heterocycles. The molecule has 1 N–H and O–H groups in total. The Kier molecular flexibility index (Phi) is 2.24. The molecule has 2 unspecified atom stereocenters. The Morgan fingerprint density at radius 2 is 2.35 bits per heavy atom. The summed E-state index contributed by atoms with van der Waals surface area (Å²) < 4.78 is 5.20. The van der Waals surface area contributed by atoms with Crippen molar-refractivity contribution in [3.63, 3.8) is 0 Å². The van der Waals surface area contributed by atoms with Gasteiger partial charge in [-0.15, -0.1) is 0 Å². The fourth-order valence-corrected chi connectivity index (χ4v) is 3.05. The molecular formula is C13H15NO3. The maximum atomic E-state index is 11.2. The molecule has 0 aromatic heterocycles. The number of hydrogen-bond acceptors (Lipinski definition) is 3. The lowest BCUT2D eigenvalue weighted by Gasteiger charge is -2.20. The molecule has 1 saturated heterocycles. The second kappa shape index (κ2) is 3.65. The van der Waals surface area contributed by atoms with Crippen molar-refractivity contribution in [2.45, 2.75) is 18.9 Å². The van der Waals surface area contributed by atoms with E-state index in [9.17, 15) is 9.90 Å². The second-order valence-electron chi connectivity index (χ2n) is 4.69. The monoisotopic (exact) mass is 233 g/mol. The van der Waals surface area contributed by atoms with Crippen molar-refractivity contribution < 1.29 is 14.6 Å². The van der Waals surface area contributed by atoms with Crippen LogP contribution in [0.25, 0.3) is 0 Å². The van der Waals surface area contributed by atoms with Crippen LogP contribution in [0, 0.1) is 5.92 Å². The van der Waals surface area contributed by atoms with Crippen LogP contribution < -0.4 is 9.64 Å². The first-order valence-corrected chi connectivity index (χ1v) is 5.87. The molecule has 90 valence electrons. The molecular weight excluding hydrogens is 218 g/mol. The first-order valence-electron chi connectivity index (χ1n) is 5.87. The molecule has 1 fully saturated rings. The first-order chi connectivity index (χ1) is 8.20. The van der Waals surface area contributed by atoms with Crippen molar-refractivity contribution in [1.29, 1.82) is 0 Å². The van der Waals surface area contributed by atoms with Crippen LogP contribution in [0.4, 0.5) is 5.69 Å². The molecule has 0 amide bonds. The lowest BCUT2D eigenvalue weighted by Crippen LogP contribution is -2.32. The predicted octanol–water partition coefficient (Wildman–Crippen LogP) is 1.53. The van der Waals surface area contributed by atoms with E-state index in [4.69, 9.17) is 4.74 Å². The van der Waals surface area contributed by atoms with E-state index in [0.717, 1.165) is 25.1 Å². The van der Waals surface area contributed by atoms with Crippen molar-refractivity contribution in [1.82, 2.24) is 0 Å². The number of carbonyl (C=O) groups is 1. The first kappa shape index (κ1) is 10.4. The fourth-order valence-electron chi connectivity index (χ4n) is 3.05. The van der Waals surface area contributed by atoms with Crippen LogP contribution in [0.2, 0.25) is 0 Å².